The van der Waals surface area contributed by atoms with Gasteiger partial charge in [-0.15, -0.1) is 0 Å². The summed E-state index contributed by atoms with van der Waals surface area (Å²) < 4.78 is 5.62. The van der Waals surface area contributed by atoms with E-state index in [1.54, 1.807) is 4.90 Å². The molecule has 2 N–H and O–H groups in total. The molecule has 2 aromatic carbocycles. The monoisotopic (exact) mass is 465 g/mol. The van der Waals surface area contributed by atoms with Crippen molar-refractivity contribution in [3.05, 3.63) is 59.7 Å². The van der Waals surface area contributed by atoms with Crippen LogP contribution in [0, 0.1) is 5.92 Å². The lowest BCUT2D eigenvalue weighted by molar-refractivity contribution is -0.146. The number of carbonyl (C=O) groups is 3. The number of amides is 2. The highest BCUT2D eigenvalue weighted by Crippen LogP contribution is 2.44. The summed E-state index contributed by atoms with van der Waals surface area (Å²) >= 11 is 0. The second-order valence-electron chi connectivity index (χ2n) is 9.32. The molecule has 8 heteroatoms. The molecule has 8 nitrogen and oxygen atoms in total. The molecule has 1 unspecified atom stereocenters. The van der Waals surface area contributed by atoms with Crippen LogP contribution in [-0.2, 0) is 14.3 Å². The third-order valence-electron chi connectivity index (χ3n) is 6.53. The third-order valence-corrected chi connectivity index (χ3v) is 6.53. The van der Waals surface area contributed by atoms with E-state index in [0.717, 1.165) is 22.3 Å². The first kappa shape index (κ1) is 23.8. The van der Waals surface area contributed by atoms with Crippen LogP contribution in [0.1, 0.15) is 29.9 Å². The Morgan fingerprint density at radius 3 is 2.21 bits per heavy atom. The lowest BCUT2D eigenvalue weighted by Gasteiger charge is -2.40. The zero-order valence-electron chi connectivity index (χ0n) is 19.6. The van der Waals surface area contributed by atoms with Gasteiger partial charge in [-0.05, 0) is 49.3 Å². The van der Waals surface area contributed by atoms with Gasteiger partial charge in [-0.25, -0.2) is 4.79 Å². The molecule has 1 heterocycles. The van der Waals surface area contributed by atoms with Crippen molar-refractivity contribution in [3.8, 4) is 11.1 Å². The second-order valence-corrected chi connectivity index (χ2v) is 9.32. The Labute approximate surface area is 199 Å². The molecule has 0 aromatic heterocycles. The van der Waals surface area contributed by atoms with Crippen molar-refractivity contribution in [1.29, 1.82) is 0 Å². The predicted octanol–water partition coefficient (Wildman–Crippen LogP) is 2.78. The molecule has 2 aliphatic rings. The zero-order chi connectivity index (χ0) is 24.2. The highest BCUT2D eigenvalue weighted by Gasteiger charge is 2.36. The number of nitrogens with one attached hydrogen (secondary N) is 1. The fourth-order valence-electron chi connectivity index (χ4n) is 4.77. The van der Waals surface area contributed by atoms with Crippen molar-refractivity contribution in [2.75, 3.05) is 40.3 Å². The van der Waals surface area contributed by atoms with Gasteiger partial charge < -0.3 is 25.0 Å². The summed E-state index contributed by atoms with van der Waals surface area (Å²) in [5.41, 5.74) is 4.56. The first-order chi connectivity index (χ1) is 16.3. The number of carbonyl (C=O) groups excluding carboxylic acids is 2. The maximum Gasteiger partial charge on any atom is 0.407 e. The maximum atomic E-state index is 13.0. The van der Waals surface area contributed by atoms with Crippen molar-refractivity contribution in [1.82, 2.24) is 15.1 Å². The van der Waals surface area contributed by atoms with Crippen LogP contribution in [0.15, 0.2) is 48.5 Å². The van der Waals surface area contributed by atoms with Crippen molar-refractivity contribution < 1.29 is 24.2 Å². The van der Waals surface area contributed by atoms with Gasteiger partial charge in [0.05, 0.1) is 6.42 Å². The number of nitrogens with zero attached hydrogens (tertiary/aromatic N) is 2. The molecule has 1 saturated heterocycles. The maximum absolute atomic E-state index is 13.0. The van der Waals surface area contributed by atoms with Gasteiger partial charge >= 0.3 is 12.1 Å². The Bertz CT molecular complexity index is 1020. The van der Waals surface area contributed by atoms with Crippen LogP contribution in [0.4, 0.5) is 4.79 Å². The Morgan fingerprint density at radius 1 is 1.06 bits per heavy atom. The number of carboxylic acid groups (broad SMARTS) is 1. The van der Waals surface area contributed by atoms with Gasteiger partial charge in [0.1, 0.15) is 12.6 Å². The quantitative estimate of drug-likeness (QED) is 0.591. The standard InChI is InChI=1S/C26H31N3O5/c1-28(2)12-11-23(25(32)29-14-17(15-29)13-24(30)31)27-26(33)34-16-22-20-9-5-3-7-18(20)19-8-4-6-10-21(19)22/h3-10,17,22-23H,11-16H2,1-2H3,(H,27,33)(H,30,31). The number of likely N-dealkylation sites (tertiary alicyclic amines) is 1. The van der Waals surface area contributed by atoms with Gasteiger partial charge in [0, 0.05) is 24.9 Å². The molecule has 2 aromatic rings. The van der Waals surface area contributed by atoms with Crippen molar-refractivity contribution in [2.45, 2.75) is 24.8 Å². The summed E-state index contributed by atoms with van der Waals surface area (Å²) in [6.07, 6.45) is -0.135. The van der Waals surface area contributed by atoms with E-state index < -0.39 is 18.1 Å². The number of hydrogen-bond donors (Lipinski definition) is 2. The van der Waals surface area contributed by atoms with Crippen LogP contribution in [-0.4, -0.2) is 79.3 Å². The molecule has 180 valence electrons. The molecule has 1 aliphatic carbocycles. The summed E-state index contributed by atoms with van der Waals surface area (Å²) in [5, 5.41) is 11.7. The highest BCUT2D eigenvalue weighted by molar-refractivity contribution is 5.86. The molecule has 0 saturated carbocycles. The molecular weight excluding hydrogens is 434 g/mol. The van der Waals surface area contributed by atoms with E-state index in [1.807, 2.05) is 43.3 Å². The minimum absolute atomic E-state index is 0.0367. The van der Waals surface area contributed by atoms with Crippen LogP contribution in [0.2, 0.25) is 0 Å². The lowest BCUT2D eigenvalue weighted by Crippen LogP contribution is -2.57. The van der Waals surface area contributed by atoms with Crippen LogP contribution in [0.25, 0.3) is 11.1 Å². The number of hydrogen-bond acceptors (Lipinski definition) is 5. The average Bonchev–Trinajstić information content (AvgIpc) is 3.10. The molecule has 34 heavy (non-hydrogen) atoms. The molecule has 1 aliphatic heterocycles. The van der Waals surface area contributed by atoms with Crippen molar-refractivity contribution in [3.63, 3.8) is 0 Å². The molecule has 4 rings (SSSR count). The molecule has 2 amide bonds. The number of aliphatic carboxylic acids is 1. The van der Waals surface area contributed by atoms with Gasteiger partial charge in [0.15, 0.2) is 0 Å². The fraction of sp³-hybridized carbons (Fsp3) is 0.423. The van der Waals surface area contributed by atoms with Gasteiger partial charge in [0.25, 0.3) is 0 Å². The number of rotatable bonds is 9. The Morgan fingerprint density at radius 2 is 1.65 bits per heavy atom. The third kappa shape index (κ3) is 5.22. The Hall–Kier alpha value is -3.39. The molecule has 1 fully saturated rings. The summed E-state index contributed by atoms with van der Waals surface area (Å²) in [4.78, 5) is 40.2. The number of alkyl carbamates (subject to hydrolysis) is 1. The normalized spacial score (nSPS) is 15.9. The van der Waals surface area contributed by atoms with Crippen molar-refractivity contribution >= 4 is 18.0 Å². The van der Waals surface area contributed by atoms with Crippen LogP contribution in [0.5, 0.6) is 0 Å². The van der Waals surface area contributed by atoms with Gasteiger partial charge in [-0.1, -0.05) is 48.5 Å². The van der Waals surface area contributed by atoms with E-state index >= 15 is 0 Å². The molecule has 1 atom stereocenters. The summed E-state index contributed by atoms with van der Waals surface area (Å²) in [5.74, 6) is -1.15. The van der Waals surface area contributed by atoms with Gasteiger partial charge in [-0.2, -0.15) is 0 Å². The molecule has 0 bridgehead atoms. The SMILES string of the molecule is CN(C)CCC(NC(=O)OCC1c2ccccc2-c2ccccc21)C(=O)N1CC(CC(=O)O)C1. The summed E-state index contributed by atoms with van der Waals surface area (Å²) in [7, 11) is 3.81. The number of ether oxygens (including phenoxy) is 1. The highest BCUT2D eigenvalue weighted by atomic mass is 16.5. The van der Waals surface area contributed by atoms with E-state index in [-0.39, 0.29) is 30.8 Å². The Kier molecular flexibility index (Phi) is 7.17. The summed E-state index contributed by atoms with van der Waals surface area (Å²) in [6, 6.07) is 15.5. The lowest BCUT2D eigenvalue weighted by atomic mass is 9.95. The van der Waals surface area contributed by atoms with E-state index in [4.69, 9.17) is 9.84 Å². The van der Waals surface area contributed by atoms with Gasteiger partial charge in [-0.3, -0.25) is 9.59 Å². The first-order valence-electron chi connectivity index (χ1n) is 11.6. The number of benzene rings is 2. The van der Waals surface area contributed by atoms with Crippen molar-refractivity contribution in [2.24, 2.45) is 5.92 Å². The smallest absolute Gasteiger partial charge is 0.407 e. The summed E-state index contributed by atoms with van der Waals surface area (Å²) in [6.45, 7) is 1.59. The van der Waals surface area contributed by atoms with Gasteiger partial charge in [0.2, 0.25) is 5.91 Å². The molecule has 0 spiro atoms. The molecular formula is C26H31N3O5. The van der Waals surface area contributed by atoms with Crippen LogP contribution in [0.3, 0.4) is 0 Å². The average molecular weight is 466 g/mol. The van der Waals surface area contributed by atoms with E-state index in [2.05, 4.69) is 29.6 Å². The minimum atomic E-state index is -0.863. The predicted molar refractivity (Wildman–Crippen MR) is 127 cm³/mol. The largest absolute Gasteiger partial charge is 0.481 e. The van der Waals surface area contributed by atoms with Crippen LogP contribution < -0.4 is 5.32 Å². The second kappa shape index (κ2) is 10.3. The fourth-order valence-corrected chi connectivity index (χ4v) is 4.77. The van der Waals surface area contributed by atoms with Crippen LogP contribution >= 0.6 is 0 Å². The van der Waals surface area contributed by atoms with E-state index in [1.165, 1.54) is 0 Å². The first-order valence-corrected chi connectivity index (χ1v) is 11.6. The number of fused-ring (bicyclic) bond motifs is 3. The molecule has 0 radical (unpaired) electrons. The van der Waals surface area contributed by atoms with E-state index in [0.29, 0.717) is 26.1 Å². The topological polar surface area (TPSA) is 99.2 Å². The zero-order valence-corrected chi connectivity index (χ0v) is 19.6. The Balaban J connectivity index is 1.37. The number of carboxylic acids is 1. The van der Waals surface area contributed by atoms with E-state index in [9.17, 15) is 14.4 Å². The minimum Gasteiger partial charge on any atom is -0.481 e.